The minimum Gasteiger partial charge on any atom is -0.495 e. The number of aryl methyl sites for hydroxylation is 1. The van der Waals surface area contributed by atoms with Crippen molar-refractivity contribution in [3.63, 3.8) is 0 Å². The van der Waals surface area contributed by atoms with Crippen molar-refractivity contribution in [2.45, 2.75) is 32.8 Å². The largest absolute Gasteiger partial charge is 0.495 e. The molecule has 1 N–H and O–H groups in total. The van der Waals surface area contributed by atoms with E-state index in [0.717, 1.165) is 17.5 Å². The summed E-state index contributed by atoms with van der Waals surface area (Å²) >= 11 is 6.09. The fourth-order valence-electron chi connectivity index (χ4n) is 1.62. The van der Waals surface area contributed by atoms with E-state index in [1.54, 1.807) is 14.0 Å². The molecule has 0 spiro atoms. The van der Waals surface area contributed by atoms with Crippen LogP contribution >= 0.6 is 11.6 Å². The van der Waals surface area contributed by atoms with Crippen molar-refractivity contribution in [3.05, 3.63) is 28.3 Å². The Bertz CT molecular complexity index is 335. The van der Waals surface area contributed by atoms with Crippen molar-refractivity contribution in [2.24, 2.45) is 0 Å². The molecule has 1 aromatic rings. The summed E-state index contributed by atoms with van der Waals surface area (Å²) in [5.41, 5.74) is 2.13. The van der Waals surface area contributed by atoms with E-state index in [4.69, 9.17) is 16.3 Å². The molecule has 1 rings (SSSR count). The van der Waals surface area contributed by atoms with Gasteiger partial charge in [0.25, 0.3) is 0 Å². The van der Waals surface area contributed by atoms with E-state index in [2.05, 4.69) is 6.92 Å². The molecule has 1 aromatic carbocycles. The van der Waals surface area contributed by atoms with Crippen LogP contribution in [-0.2, 0) is 12.8 Å². The normalized spacial score (nSPS) is 12.6. The maximum Gasteiger partial charge on any atom is 0.140 e. The van der Waals surface area contributed by atoms with Crippen molar-refractivity contribution in [2.75, 3.05) is 7.11 Å². The quantitative estimate of drug-likeness (QED) is 0.859. The Labute approximate surface area is 95.8 Å². The Morgan fingerprint density at radius 3 is 2.60 bits per heavy atom. The lowest BCUT2D eigenvalue weighted by molar-refractivity contribution is 0.194. The minimum atomic E-state index is -0.387. The number of benzene rings is 1. The lowest BCUT2D eigenvalue weighted by Gasteiger charge is -2.13. The maximum absolute atomic E-state index is 9.38. The molecule has 0 aliphatic carbocycles. The lowest BCUT2D eigenvalue weighted by Crippen LogP contribution is -2.06. The zero-order valence-corrected chi connectivity index (χ0v) is 10.1. The molecule has 0 aliphatic rings. The van der Waals surface area contributed by atoms with Crippen molar-refractivity contribution < 1.29 is 9.84 Å². The van der Waals surface area contributed by atoms with Crippen molar-refractivity contribution in [1.82, 2.24) is 0 Å². The molecule has 84 valence electrons. The number of methoxy groups -OCH3 is 1. The number of aliphatic hydroxyl groups is 1. The smallest absolute Gasteiger partial charge is 0.140 e. The topological polar surface area (TPSA) is 29.5 Å². The molecule has 15 heavy (non-hydrogen) atoms. The van der Waals surface area contributed by atoms with Crippen molar-refractivity contribution in [1.29, 1.82) is 0 Å². The zero-order valence-electron chi connectivity index (χ0n) is 9.38. The van der Waals surface area contributed by atoms with Gasteiger partial charge in [0, 0.05) is 6.42 Å². The summed E-state index contributed by atoms with van der Waals surface area (Å²) in [5.74, 6) is 0.676. The SMILES string of the molecule is CCc1cc(Cl)c(OC)c(CC(C)O)c1. The van der Waals surface area contributed by atoms with Crippen molar-refractivity contribution in [3.8, 4) is 5.75 Å². The number of hydrogen-bond donors (Lipinski definition) is 1. The Balaban J connectivity index is 3.13. The molecule has 3 heteroatoms. The Hall–Kier alpha value is -0.730. The van der Waals surface area contributed by atoms with Gasteiger partial charge >= 0.3 is 0 Å². The molecule has 1 atom stereocenters. The van der Waals surface area contributed by atoms with E-state index in [1.165, 1.54) is 0 Å². The van der Waals surface area contributed by atoms with Crippen LogP contribution in [0.15, 0.2) is 12.1 Å². The van der Waals surface area contributed by atoms with Crippen LogP contribution < -0.4 is 4.74 Å². The lowest BCUT2D eigenvalue weighted by atomic mass is 10.0. The number of aliphatic hydroxyl groups excluding tert-OH is 1. The van der Waals surface area contributed by atoms with E-state index < -0.39 is 0 Å². The molecule has 0 fully saturated rings. The zero-order chi connectivity index (χ0) is 11.4. The minimum absolute atomic E-state index is 0.387. The molecular weight excluding hydrogens is 212 g/mol. The molecule has 0 saturated heterocycles. The molecule has 0 radical (unpaired) electrons. The average molecular weight is 229 g/mol. The number of ether oxygens (including phenoxy) is 1. The highest BCUT2D eigenvalue weighted by molar-refractivity contribution is 6.32. The van der Waals surface area contributed by atoms with Crippen molar-refractivity contribution >= 4 is 11.6 Å². The molecule has 0 bridgehead atoms. The third-order valence-corrected chi connectivity index (χ3v) is 2.59. The average Bonchev–Trinajstić information content (AvgIpc) is 2.16. The number of halogens is 1. The van der Waals surface area contributed by atoms with Gasteiger partial charge in [0.1, 0.15) is 5.75 Å². The monoisotopic (exact) mass is 228 g/mol. The fourth-order valence-corrected chi connectivity index (χ4v) is 1.95. The highest BCUT2D eigenvalue weighted by Crippen LogP contribution is 2.31. The molecule has 0 amide bonds. The van der Waals surface area contributed by atoms with Gasteiger partial charge < -0.3 is 9.84 Å². The molecule has 1 unspecified atom stereocenters. The van der Waals surface area contributed by atoms with Crippen LogP contribution in [0.3, 0.4) is 0 Å². The first-order valence-corrected chi connectivity index (χ1v) is 5.49. The van der Waals surface area contributed by atoms with E-state index in [0.29, 0.717) is 17.2 Å². The van der Waals surface area contributed by atoms with Gasteiger partial charge in [-0.25, -0.2) is 0 Å². The van der Waals surface area contributed by atoms with E-state index in [1.807, 2.05) is 12.1 Å². The highest BCUT2D eigenvalue weighted by atomic mass is 35.5. The van der Waals surface area contributed by atoms with Gasteiger partial charge in [-0.15, -0.1) is 0 Å². The first kappa shape index (κ1) is 12.3. The van der Waals surface area contributed by atoms with Gasteiger partial charge in [-0.3, -0.25) is 0 Å². The summed E-state index contributed by atoms with van der Waals surface area (Å²) in [5, 5.41) is 10.00. The third-order valence-electron chi connectivity index (χ3n) is 2.31. The van der Waals surface area contributed by atoms with Crippen LogP contribution in [0, 0.1) is 0 Å². The summed E-state index contributed by atoms with van der Waals surface area (Å²) in [7, 11) is 1.60. The molecule has 0 saturated carbocycles. The summed E-state index contributed by atoms with van der Waals surface area (Å²) in [6.07, 6.45) is 1.11. The predicted molar refractivity (Wildman–Crippen MR) is 62.8 cm³/mol. The van der Waals surface area contributed by atoms with Gasteiger partial charge in [0.15, 0.2) is 0 Å². The number of hydrogen-bond acceptors (Lipinski definition) is 2. The van der Waals surface area contributed by atoms with E-state index in [9.17, 15) is 5.11 Å². The molecular formula is C12H17ClO2. The van der Waals surface area contributed by atoms with Crippen LogP contribution in [-0.4, -0.2) is 18.3 Å². The predicted octanol–water partition coefficient (Wildman–Crippen LogP) is 2.83. The second kappa shape index (κ2) is 5.38. The standard InChI is InChI=1S/C12H17ClO2/c1-4-9-6-10(5-8(2)14)12(15-3)11(13)7-9/h6-8,14H,4-5H2,1-3H3. The first-order chi connectivity index (χ1) is 7.08. The molecule has 0 heterocycles. The molecule has 0 aliphatic heterocycles. The van der Waals surface area contributed by atoms with Crippen LogP contribution in [0.5, 0.6) is 5.75 Å². The van der Waals surface area contributed by atoms with Gasteiger partial charge in [-0.05, 0) is 30.5 Å². The summed E-state index contributed by atoms with van der Waals surface area (Å²) in [4.78, 5) is 0. The third kappa shape index (κ3) is 3.11. The van der Waals surface area contributed by atoms with Gasteiger partial charge in [-0.1, -0.05) is 24.6 Å². The highest BCUT2D eigenvalue weighted by Gasteiger charge is 2.11. The number of rotatable bonds is 4. The second-order valence-corrected chi connectivity index (χ2v) is 4.08. The fraction of sp³-hybridized carbons (Fsp3) is 0.500. The van der Waals surface area contributed by atoms with Crippen LogP contribution in [0.25, 0.3) is 0 Å². The summed E-state index contributed by atoms with van der Waals surface area (Å²) in [6.45, 7) is 3.83. The Morgan fingerprint density at radius 1 is 1.47 bits per heavy atom. The Morgan fingerprint density at radius 2 is 2.13 bits per heavy atom. The van der Waals surface area contributed by atoms with Crippen LogP contribution in [0.2, 0.25) is 5.02 Å². The molecule has 0 aromatic heterocycles. The first-order valence-electron chi connectivity index (χ1n) is 5.11. The molecule has 2 nitrogen and oxygen atoms in total. The van der Waals surface area contributed by atoms with E-state index in [-0.39, 0.29) is 6.10 Å². The second-order valence-electron chi connectivity index (χ2n) is 3.68. The van der Waals surface area contributed by atoms with Gasteiger partial charge in [-0.2, -0.15) is 0 Å². The van der Waals surface area contributed by atoms with Gasteiger partial charge in [0.2, 0.25) is 0 Å². The summed E-state index contributed by atoms with van der Waals surface area (Å²) < 4.78 is 5.23. The van der Waals surface area contributed by atoms with E-state index >= 15 is 0 Å². The van der Waals surface area contributed by atoms with Gasteiger partial charge in [0.05, 0.1) is 18.2 Å². The van der Waals surface area contributed by atoms with Crippen LogP contribution in [0.1, 0.15) is 25.0 Å². The Kier molecular flexibility index (Phi) is 4.43. The summed E-state index contributed by atoms with van der Waals surface area (Å²) in [6, 6.07) is 3.95. The maximum atomic E-state index is 9.38. The van der Waals surface area contributed by atoms with Crippen LogP contribution in [0.4, 0.5) is 0 Å².